The molecule has 2 nitrogen and oxygen atoms in total. The Morgan fingerprint density at radius 1 is 1.28 bits per heavy atom. The van der Waals surface area contributed by atoms with E-state index in [1.165, 1.54) is 0 Å². The van der Waals surface area contributed by atoms with Gasteiger partial charge in [-0.1, -0.05) is 15.9 Å². The quantitative estimate of drug-likeness (QED) is 0.572. The molecule has 1 aromatic rings. The third kappa shape index (κ3) is 5.16. The van der Waals surface area contributed by atoms with E-state index in [1.54, 1.807) is 25.3 Å². The largest absolute Gasteiger partial charge is 0.497 e. The van der Waals surface area contributed by atoms with Crippen molar-refractivity contribution in [2.24, 2.45) is 0 Å². The maximum atomic E-state index is 11.9. The SMILES string of the molecule is COc1ccc(OCCCC(F)(F)F)c(CBr)c1. The van der Waals surface area contributed by atoms with Crippen molar-refractivity contribution in [2.45, 2.75) is 24.3 Å². The number of alkyl halides is 4. The van der Waals surface area contributed by atoms with Crippen LogP contribution in [-0.2, 0) is 5.33 Å². The Balaban J connectivity index is 2.51. The van der Waals surface area contributed by atoms with E-state index >= 15 is 0 Å². The molecule has 0 aromatic heterocycles. The highest BCUT2D eigenvalue weighted by Crippen LogP contribution is 2.27. The van der Waals surface area contributed by atoms with Gasteiger partial charge < -0.3 is 9.47 Å². The molecule has 0 radical (unpaired) electrons. The number of hydrogen-bond acceptors (Lipinski definition) is 2. The zero-order chi connectivity index (χ0) is 13.6. The van der Waals surface area contributed by atoms with Gasteiger partial charge in [-0.2, -0.15) is 13.2 Å². The Morgan fingerprint density at radius 2 is 2.00 bits per heavy atom. The molecule has 6 heteroatoms. The molecule has 0 atom stereocenters. The van der Waals surface area contributed by atoms with Crippen molar-refractivity contribution in [3.63, 3.8) is 0 Å². The lowest BCUT2D eigenvalue weighted by Crippen LogP contribution is -2.10. The van der Waals surface area contributed by atoms with Crippen LogP contribution in [0, 0.1) is 0 Å². The first kappa shape index (κ1) is 15.1. The Morgan fingerprint density at radius 3 is 2.56 bits per heavy atom. The highest BCUT2D eigenvalue weighted by molar-refractivity contribution is 9.08. The summed E-state index contributed by atoms with van der Waals surface area (Å²) < 4.78 is 46.2. The average molecular weight is 327 g/mol. The molecule has 0 aliphatic carbocycles. The molecule has 0 heterocycles. The molecule has 1 rings (SSSR count). The Kier molecular flexibility index (Phi) is 5.78. The van der Waals surface area contributed by atoms with E-state index in [1.807, 2.05) is 0 Å². The van der Waals surface area contributed by atoms with Crippen molar-refractivity contribution in [1.29, 1.82) is 0 Å². The second-order valence-electron chi connectivity index (χ2n) is 3.67. The summed E-state index contributed by atoms with van der Waals surface area (Å²) in [4.78, 5) is 0. The number of ether oxygens (including phenoxy) is 2. The summed E-state index contributed by atoms with van der Waals surface area (Å²) in [5.74, 6) is 1.27. The van der Waals surface area contributed by atoms with Crippen LogP contribution in [0.4, 0.5) is 13.2 Å². The van der Waals surface area contributed by atoms with Gasteiger partial charge in [0.2, 0.25) is 0 Å². The Labute approximate surface area is 112 Å². The number of hydrogen-bond donors (Lipinski definition) is 0. The van der Waals surface area contributed by atoms with Crippen molar-refractivity contribution >= 4 is 15.9 Å². The first-order valence-electron chi connectivity index (χ1n) is 5.38. The normalized spacial score (nSPS) is 11.4. The van der Waals surface area contributed by atoms with E-state index in [9.17, 15) is 13.2 Å². The third-order valence-electron chi connectivity index (χ3n) is 2.27. The van der Waals surface area contributed by atoms with Gasteiger partial charge in [0.05, 0.1) is 13.7 Å². The molecular weight excluding hydrogens is 313 g/mol. The summed E-state index contributed by atoms with van der Waals surface area (Å²) in [5, 5.41) is 0.554. The van der Waals surface area contributed by atoms with Crippen molar-refractivity contribution in [1.82, 2.24) is 0 Å². The predicted octanol–water partition coefficient (Wildman–Crippen LogP) is 4.31. The minimum atomic E-state index is -4.12. The minimum absolute atomic E-state index is 0.0444. The monoisotopic (exact) mass is 326 g/mol. The highest BCUT2D eigenvalue weighted by Gasteiger charge is 2.26. The maximum absolute atomic E-state index is 11.9. The fourth-order valence-corrected chi connectivity index (χ4v) is 1.82. The third-order valence-corrected chi connectivity index (χ3v) is 2.88. The van der Waals surface area contributed by atoms with Gasteiger partial charge in [0.1, 0.15) is 11.5 Å². The molecular formula is C12H14BrF3O2. The summed E-state index contributed by atoms with van der Waals surface area (Å²) >= 11 is 3.30. The fraction of sp³-hybridized carbons (Fsp3) is 0.500. The molecule has 0 unspecified atom stereocenters. The van der Waals surface area contributed by atoms with Gasteiger partial charge in [-0.3, -0.25) is 0 Å². The lowest BCUT2D eigenvalue weighted by molar-refractivity contribution is -0.136. The molecule has 0 fully saturated rings. The molecule has 0 bridgehead atoms. The Bertz CT molecular complexity index is 380. The predicted molar refractivity (Wildman–Crippen MR) is 66.4 cm³/mol. The number of halogens is 4. The van der Waals surface area contributed by atoms with Crippen LogP contribution in [0.3, 0.4) is 0 Å². The summed E-state index contributed by atoms with van der Waals surface area (Å²) in [5.41, 5.74) is 0.848. The molecule has 0 saturated heterocycles. The minimum Gasteiger partial charge on any atom is -0.497 e. The summed E-state index contributed by atoms with van der Waals surface area (Å²) in [7, 11) is 1.55. The lowest BCUT2D eigenvalue weighted by atomic mass is 10.2. The van der Waals surface area contributed by atoms with E-state index in [2.05, 4.69) is 15.9 Å². The first-order valence-corrected chi connectivity index (χ1v) is 6.51. The van der Waals surface area contributed by atoms with Crippen LogP contribution in [-0.4, -0.2) is 19.9 Å². The molecule has 1 aromatic carbocycles. The molecule has 0 aliphatic heterocycles. The smallest absolute Gasteiger partial charge is 0.389 e. The molecule has 0 spiro atoms. The van der Waals surface area contributed by atoms with Crippen molar-refractivity contribution in [3.8, 4) is 11.5 Å². The van der Waals surface area contributed by atoms with Crippen LogP contribution < -0.4 is 9.47 Å². The van der Waals surface area contributed by atoms with E-state index in [0.717, 1.165) is 5.56 Å². The fourth-order valence-electron chi connectivity index (χ4n) is 1.38. The zero-order valence-electron chi connectivity index (χ0n) is 9.89. The summed E-state index contributed by atoms with van der Waals surface area (Å²) in [6, 6.07) is 5.20. The van der Waals surface area contributed by atoms with Gasteiger partial charge in [-0.25, -0.2) is 0 Å². The highest BCUT2D eigenvalue weighted by atomic mass is 79.9. The lowest BCUT2D eigenvalue weighted by Gasteiger charge is -2.12. The van der Waals surface area contributed by atoms with Crippen LogP contribution in [0.15, 0.2) is 18.2 Å². The van der Waals surface area contributed by atoms with Gasteiger partial charge in [0.25, 0.3) is 0 Å². The Hall–Kier alpha value is -0.910. The topological polar surface area (TPSA) is 18.5 Å². The zero-order valence-corrected chi connectivity index (χ0v) is 11.5. The second kappa shape index (κ2) is 6.87. The number of rotatable bonds is 6. The van der Waals surface area contributed by atoms with Gasteiger partial charge in [-0.15, -0.1) is 0 Å². The number of benzene rings is 1. The van der Waals surface area contributed by atoms with Crippen molar-refractivity contribution < 1.29 is 22.6 Å². The molecule has 18 heavy (non-hydrogen) atoms. The van der Waals surface area contributed by atoms with Crippen LogP contribution in [0.1, 0.15) is 18.4 Å². The standard InChI is InChI=1S/C12H14BrF3O2/c1-17-10-3-4-11(9(7-10)8-13)18-6-2-5-12(14,15)16/h3-4,7H,2,5-6,8H2,1H3. The van der Waals surface area contributed by atoms with Crippen LogP contribution in [0.2, 0.25) is 0 Å². The van der Waals surface area contributed by atoms with E-state index in [-0.39, 0.29) is 13.0 Å². The second-order valence-corrected chi connectivity index (χ2v) is 4.24. The van der Waals surface area contributed by atoms with Gasteiger partial charge in [0, 0.05) is 17.3 Å². The van der Waals surface area contributed by atoms with E-state index < -0.39 is 12.6 Å². The van der Waals surface area contributed by atoms with E-state index in [4.69, 9.17) is 9.47 Å². The van der Waals surface area contributed by atoms with Crippen LogP contribution >= 0.6 is 15.9 Å². The van der Waals surface area contributed by atoms with Gasteiger partial charge in [-0.05, 0) is 24.6 Å². The van der Waals surface area contributed by atoms with Crippen LogP contribution in [0.25, 0.3) is 0 Å². The van der Waals surface area contributed by atoms with Crippen LogP contribution in [0.5, 0.6) is 11.5 Å². The average Bonchev–Trinajstić information content (AvgIpc) is 2.33. The maximum Gasteiger partial charge on any atom is 0.389 e. The summed E-state index contributed by atoms with van der Waals surface area (Å²) in [6.45, 7) is 0.0475. The number of methoxy groups -OCH3 is 1. The molecule has 0 N–H and O–H groups in total. The molecule has 0 saturated carbocycles. The van der Waals surface area contributed by atoms with Gasteiger partial charge >= 0.3 is 6.18 Å². The molecule has 102 valence electrons. The molecule has 0 aliphatic rings. The van der Waals surface area contributed by atoms with Crippen molar-refractivity contribution in [2.75, 3.05) is 13.7 Å². The van der Waals surface area contributed by atoms with Crippen molar-refractivity contribution in [3.05, 3.63) is 23.8 Å². The van der Waals surface area contributed by atoms with Gasteiger partial charge in [0.15, 0.2) is 0 Å². The summed E-state index contributed by atoms with van der Waals surface area (Å²) in [6.07, 6.45) is -4.99. The molecule has 0 amide bonds. The van der Waals surface area contributed by atoms with E-state index in [0.29, 0.717) is 16.8 Å². The first-order chi connectivity index (χ1) is 8.46.